The van der Waals surface area contributed by atoms with Crippen LogP contribution in [-0.2, 0) is 14.3 Å². The second-order valence-electron chi connectivity index (χ2n) is 4.65. The lowest BCUT2D eigenvalue weighted by atomic mass is 9.94. The van der Waals surface area contributed by atoms with Crippen molar-refractivity contribution >= 4 is 27.9 Å². The second kappa shape index (κ2) is 5.63. The molecule has 0 saturated carbocycles. The Labute approximate surface area is 103 Å². The quantitative estimate of drug-likeness (QED) is 0.354. The number of aliphatic carboxylic acids is 1. The molecule has 16 heavy (non-hydrogen) atoms. The molecule has 0 radical (unpaired) electrons. The van der Waals surface area contributed by atoms with Crippen LogP contribution in [0.3, 0.4) is 0 Å². The highest BCUT2D eigenvalue weighted by molar-refractivity contribution is 9.09. The number of halogens is 1. The molecule has 0 amide bonds. The lowest BCUT2D eigenvalue weighted by Crippen LogP contribution is -2.41. The van der Waals surface area contributed by atoms with Crippen molar-refractivity contribution in [3.63, 3.8) is 0 Å². The van der Waals surface area contributed by atoms with Gasteiger partial charge in [0.15, 0.2) is 5.92 Å². The van der Waals surface area contributed by atoms with Gasteiger partial charge in [-0.15, -0.1) is 0 Å². The number of hydrogen-bond donors (Lipinski definition) is 2. The van der Waals surface area contributed by atoms with Crippen molar-refractivity contribution in [3.05, 3.63) is 0 Å². The van der Waals surface area contributed by atoms with E-state index < -0.39 is 34.3 Å². The normalized spacial score (nSPS) is 17.4. The average Bonchev–Trinajstić information content (AvgIpc) is 1.99. The predicted molar refractivity (Wildman–Crippen MR) is 63.0 cm³/mol. The van der Waals surface area contributed by atoms with Crippen molar-refractivity contribution in [1.82, 2.24) is 0 Å². The molecule has 6 heteroatoms. The standard InChI is InChI=1S/C10H18BrNO4/c1-5(7(11)12)6(8(13)14)9(15)16-10(2,3)4/h5-7H,12H2,1-4H3,(H,13,14). The van der Waals surface area contributed by atoms with E-state index in [4.69, 9.17) is 15.6 Å². The van der Waals surface area contributed by atoms with Crippen LogP contribution >= 0.6 is 15.9 Å². The van der Waals surface area contributed by atoms with E-state index in [0.717, 1.165) is 0 Å². The highest BCUT2D eigenvalue weighted by Crippen LogP contribution is 2.22. The lowest BCUT2D eigenvalue weighted by Gasteiger charge is -2.26. The predicted octanol–water partition coefficient (Wildman–Crippen LogP) is 1.34. The summed E-state index contributed by atoms with van der Waals surface area (Å²) < 4.78 is 5.04. The average molecular weight is 296 g/mol. The summed E-state index contributed by atoms with van der Waals surface area (Å²) in [7, 11) is 0. The zero-order valence-corrected chi connectivity index (χ0v) is 11.4. The molecule has 3 unspecified atom stereocenters. The van der Waals surface area contributed by atoms with Gasteiger partial charge in [-0.1, -0.05) is 22.9 Å². The molecule has 0 aliphatic rings. The fraction of sp³-hybridized carbons (Fsp3) is 0.800. The third-order valence-electron chi connectivity index (χ3n) is 1.95. The molecule has 0 spiro atoms. The van der Waals surface area contributed by atoms with Gasteiger partial charge in [0, 0.05) is 5.92 Å². The number of nitrogens with two attached hydrogens (primary N) is 1. The van der Waals surface area contributed by atoms with Crippen LogP contribution in [0.15, 0.2) is 0 Å². The molecule has 94 valence electrons. The number of carbonyl (C=O) groups excluding carboxylic acids is 1. The van der Waals surface area contributed by atoms with Gasteiger partial charge in [-0.3, -0.25) is 9.59 Å². The summed E-state index contributed by atoms with van der Waals surface area (Å²) in [5.74, 6) is -3.79. The molecular formula is C10H18BrNO4. The summed E-state index contributed by atoms with van der Waals surface area (Å²) in [6, 6.07) is 0. The van der Waals surface area contributed by atoms with E-state index in [2.05, 4.69) is 15.9 Å². The summed E-state index contributed by atoms with van der Waals surface area (Å²) in [6.45, 7) is 6.63. The minimum absolute atomic E-state index is 0.549. The second-order valence-corrected chi connectivity index (χ2v) is 5.71. The van der Waals surface area contributed by atoms with Gasteiger partial charge in [0.1, 0.15) is 5.60 Å². The summed E-state index contributed by atoms with van der Waals surface area (Å²) >= 11 is 3.06. The van der Waals surface area contributed by atoms with Crippen molar-refractivity contribution in [1.29, 1.82) is 0 Å². The number of rotatable bonds is 4. The smallest absolute Gasteiger partial charge is 0.321 e. The third-order valence-corrected chi connectivity index (χ3v) is 2.79. The first-order valence-electron chi connectivity index (χ1n) is 4.91. The maximum absolute atomic E-state index is 11.7. The number of carboxylic acid groups (broad SMARTS) is 1. The van der Waals surface area contributed by atoms with E-state index in [1.807, 2.05) is 0 Å². The number of carbonyl (C=O) groups is 2. The van der Waals surface area contributed by atoms with E-state index in [-0.39, 0.29) is 0 Å². The molecule has 0 fully saturated rings. The highest BCUT2D eigenvalue weighted by Gasteiger charge is 2.37. The van der Waals surface area contributed by atoms with Gasteiger partial charge >= 0.3 is 11.9 Å². The molecule has 0 heterocycles. The molecule has 0 saturated heterocycles. The molecule has 0 bridgehead atoms. The summed E-state index contributed by atoms with van der Waals surface area (Å²) in [5, 5.41) is 8.98. The number of esters is 1. The summed E-state index contributed by atoms with van der Waals surface area (Å²) in [5.41, 5.74) is 4.81. The van der Waals surface area contributed by atoms with Crippen LogP contribution in [0.2, 0.25) is 0 Å². The molecule has 3 N–H and O–H groups in total. The lowest BCUT2D eigenvalue weighted by molar-refractivity contribution is -0.169. The fourth-order valence-electron chi connectivity index (χ4n) is 1.09. The van der Waals surface area contributed by atoms with E-state index in [1.54, 1.807) is 27.7 Å². The van der Waals surface area contributed by atoms with Crippen molar-refractivity contribution < 1.29 is 19.4 Å². The zero-order chi connectivity index (χ0) is 13.1. The Morgan fingerprint density at radius 1 is 1.38 bits per heavy atom. The Bertz CT molecular complexity index is 272. The molecule has 0 aliphatic heterocycles. The van der Waals surface area contributed by atoms with Gasteiger partial charge in [0.25, 0.3) is 0 Å². The molecule has 0 aromatic heterocycles. The topological polar surface area (TPSA) is 89.6 Å². The first-order valence-corrected chi connectivity index (χ1v) is 5.83. The van der Waals surface area contributed by atoms with Gasteiger partial charge in [-0.05, 0) is 20.8 Å². The monoisotopic (exact) mass is 295 g/mol. The maximum atomic E-state index is 11.7. The van der Waals surface area contributed by atoms with E-state index in [1.165, 1.54) is 0 Å². The molecular weight excluding hydrogens is 278 g/mol. The number of alkyl halides is 1. The number of carboxylic acids is 1. The number of hydrogen-bond acceptors (Lipinski definition) is 4. The fourth-order valence-corrected chi connectivity index (χ4v) is 1.39. The SMILES string of the molecule is CC(C(N)Br)C(C(=O)O)C(=O)OC(C)(C)C. The van der Waals surface area contributed by atoms with Crippen molar-refractivity contribution in [2.45, 2.75) is 38.2 Å². The van der Waals surface area contributed by atoms with Crippen LogP contribution in [-0.4, -0.2) is 27.6 Å². The minimum atomic E-state index is -1.26. The van der Waals surface area contributed by atoms with Gasteiger partial charge in [-0.25, -0.2) is 0 Å². The van der Waals surface area contributed by atoms with Crippen LogP contribution in [0.5, 0.6) is 0 Å². The Morgan fingerprint density at radius 2 is 1.81 bits per heavy atom. The van der Waals surface area contributed by atoms with Crippen LogP contribution < -0.4 is 5.73 Å². The van der Waals surface area contributed by atoms with Crippen molar-refractivity contribution in [2.24, 2.45) is 17.6 Å². The van der Waals surface area contributed by atoms with Gasteiger partial charge < -0.3 is 15.6 Å². The third kappa shape index (κ3) is 4.94. The Hall–Kier alpha value is -0.620. The Kier molecular flexibility index (Phi) is 5.41. The zero-order valence-electron chi connectivity index (χ0n) is 9.86. The molecule has 0 aromatic carbocycles. The molecule has 5 nitrogen and oxygen atoms in total. The van der Waals surface area contributed by atoms with Crippen LogP contribution in [0.1, 0.15) is 27.7 Å². The molecule has 0 rings (SSSR count). The van der Waals surface area contributed by atoms with Gasteiger partial charge in [0.05, 0.1) is 4.95 Å². The van der Waals surface area contributed by atoms with Crippen LogP contribution in [0.4, 0.5) is 0 Å². The van der Waals surface area contributed by atoms with Crippen LogP contribution in [0, 0.1) is 11.8 Å². The first-order chi connectivity index (χ1) is 7.06. The van der Waals surface area contributed by atoms with Crippen molar-refractivity contribution in [2.75, 3.05) is 0 Å². The van der Waals surface area contributed by atoms with E-state index >= 15 is 0 Å². The van der Waals surface area contributed by atoms with Gasteiger partial charge in [0.2, 0.25) is 0 Å². The number of ether oxygens (including phenoxy) is 1. The molecule has 0 aromatic rings. The van der Waals surface area contributed by atoms with E-state index in [0.29, 0.717) is 0 Å². The maximum Gasteiger partial charge on any atom is 0.321 e. The minimum Gasteiger partial charge on any atom is -0.481 e. The highest BCUT2D eigenvalue weighted by atomic mass is 79.9. The molecule has 3 atom stereocenters. The van der Waals surface area contributed by atoms with Crippen molar-refractivity contribution in [3.8, 4) is 0 Å². The Balaban J connectivity index is 4.81. The summed E-state index contributed by atoms with van der Waals surface area (Å²) in [4.78, 5) is 22.1. The Morgan fingerprint density at radius 3 is 2.06 bits per heavy atom. The van der Waals surface area contributed by atoms with Gasteiger partial charge in [-0.2, -0.15) is 0 Å². The first kappa shape index (κ1) is 15.4. The van der Waals surface area contributed by atoms with E-state index in [9.17, 15) is 9.59 Å². The van der Waals surface area contributed by atoms with Crippen LogP contribution in [0.25, 0.3) is 0 Å². The largest absolute Gasteiger partial charge is 0.481 e. The molecule has 0 aliphatic carbocycles. The summed E-state index contributed by atoms with van der Waals surface area (Å²) in [6.07, 6.45) is 0.